The zero-order valence-corrected chi connectivity index (χ0v) is 15.7. The van der Waals surface area contributed by atoms with Gasteiger partial charge in [0.15, 0.2) is 17.6 Å². The molecule has 2 heterocycles. The molecule has 4 rings (SSSR count). The normalized spacial score (nSPS) is 13.4. The number of carbonyl (C=O) groups is 2. The molecule has 3 aromatic rings. The van der Waals surface area contributed by atoms with Crippen LogP contribution in [0.15, 0.2) is 54.9 Å². The number of aromatic nitrogens is 2. The molecule has 2 N–H and O–H groups in total. The Hall–Kier alpha value is -3.81. The third-order valence-corrected chi connectivity index (χ3v) is 4.36. The Balaban J connectivity index is 1.36. The van der Waals surface area contributed by atoms with Crippen LogP contribution >= 0.6 is 0 Å². The van der Waals surface area contributed by atoms with Gasteiger partial charge in [-0.2, -0.15) is 0 Å². The molecule has 0 bridgehead atoms. The summed E-state index contributed by atoms with van der Waals surface area (Å²) in [5, 5.41) is 2.71. The predicted octanol–water partition coefficient (Wildman–Crippen LogP) is 3.03. The largest absolute Gasteiger partial charge is 0.486 e. The van der Waals surface area contributed by atoms with Crippen LogP contribution in [0, 0.1) is 0 Å². The van der Waals surface area contributed by atoms with Crippen LogP contribution in [-0.2, 0) is 9.53 Å². The Morgan fingerprint density at radius 1 is 1.10 bits per heavy atom. The van der Waals surface area contributed by atoms with Crippen molar-refractivity contribution >= 4 is 17.6 Å². The molecule has 1 amide bonds. The Bertz CT molecular complexity index is 1020. The van der Waals surface area contributed by atoms with E-state index in [1.807, 2.05) is 0 Å². The molecule has 0 spiro atoms. The van der Waals surface area contributed by atoms with Gasteiger partial charge in [0.2, 0.25) is 0 Å². The van der Waals surface area contributed by atoms with E-state index in [0.717, 1.165) is 5.56 Å². The molecule has 0 aliphatic carbocycles. The molecule has 0 saturated carbocycles. The second kappa shape index (κ2) is 8.05. The van der Waals surface area contributed by atoms with E-state index in [1.165, 1.54) is 6.92 Å². The SMILES string of the molecule is CC(OC(=O)c1ccc(-c2ncc[nH]2)cc1)C(=O)Nc1ccc2c(c1)OCCO2. The van der Waals surface area contributed by atoms with Crippen LogP contribution in [0.3, 0.4) is 0 Å². The maximum atomic E-state index is 12.4. The zero-order valence-electron chi connectivity index (χ0n) is 15.7. The number of hydrogen-bond donors (Lipinski definition) is 2. The number of carbonyl (C=O) groups excluding carboxylic acids is 2. The average molecular weight is 393 g/mol. The van der Waals surface area contributed by atoms with Crippen LogP contribution in [0.1, 0.15) is 17.3 Å². The minimum Gasteiger partial charge on any atom is -0.486 e. The molecule has 8 nitrogen and oxygen atoms in total. The summed E-state index contributed by atoms with van der Waals surface area (Å²) in [6.45, 7) is 2.47. The van der Waals surface area contributed by atoms with Gasteiger partial charge < -0.3 is 24.5 Å². The van der Waals surface area contributed by atoms with Crippen LogP contribution in [0.2, 0.25) is 0 Å². The lowest BCUT2D eigenvalue weighted by atomic mass is 10.1. The smallest absolute Gasteiger partial charge is 0.338 e. The van der Waals surface area contributed by atoms with Gasteiger partial charge in [-0.25, -0.2) is 9.78 Å². The molecule has 0 radical (unpaired) electrons. The summed E-state index contributed by atoms with van der Waals surface area (Å²) in [6.07, 6.45) is 2.40. The highest BCUT2D eigenvalue weighted by atomic mass is 16.6. The highest BCUT2D eigenvalue weighted by molar-refractivity contribution is 5.97. The van der Waals surface area contributed by atoms with E-state index in [4.69, 9.17) is 14.2 Å². The van der Waals surface area contributed by atoms with Crippen molar-refractivity contribution in [1.82, 2.24) is 9.97 Å². The van der Waals surface area contributed by atoms with E-state index < -0.39 is 18.0 Å². The molecule has 1 aliphatic rings. The molecule has 0 fully saturated rings. The van der Waals surface area contributed by atoms with Crippen LogP contribution in [-0.4, -0.2) is 41.2 Å². The monoisotopic (exact) mass is 393 g/mol. The van der Waals surface area contributed by atoms with Crippen LogP contribution in [0.4, 0.5) is 5.69 Å². The number of imidazole rings is 1. The summed E-state index contributed by atoms with van der Waals surface area (Å²) in [5.41, 5.74) is 1.72. The average Bonchev–Trinajstić information content (AvgIpc) is 3.28. The number of nitrogens with one attached hydrogen (secondary N) is 2. The summed E-state index contributed by atoms with van der Waals surface area (Å²) >= 11 is 0. The maximum absolute atomic E-state index is 12.4. The Morgan fingerprint density at radius 2 is 1.86 bits per heavy atom. The zero-order chi connectivity index (χ0) is 20.2. The first-order valence-electron chi connectivity index (χ1n) is 9.11. The fraction of sp³-hybridized carbons (Fsp3) is 0.190. The number of anilines is 1. The summed E-state index contributed by atoms with van der Waals surface area (Å²) in [6, 6.07) is 11.9. The third kappa shape index (κ3) is 4.21. The highest BCUT2D eigenvalue weighted by Crippen LogP contribution is 2.32. The number of rotatable bonds is 5. The number of nitrogens with zero attached hydrogens (tertiary/aromatic N) is 1. The highest BCUT2D eigenvalue weighted by Gasteiger charge is 2.20. The van der Waals surface area contributed by atoms with Gasteiger partial charge in [0, 0.05) is 29.7 Å². The molecule has 29 heavy (non-hydrogen) atoms. The fourth-order valence-electron chi connectivity index (χ4n) is 2.83. The lowest BCUT2D eigenvalue weighted by molar-refractivity contribution is -0.123. The molecular weight excluding hydrogens is 374 g/mol. The number of amides is 1. The van der Waals surface area contributed by atoms with E-state index >= 15 is 0 Å². The number of H-pyrrole nitrogens is 1. The minimum absolute atomic E-state index is 0.347. The lowest BCUT2D eigenvalue weighted by Gasteiger charge is -2.19. The van der Waals surface area contributed by atoms with E-state index in [-0.39, 0.29) is 0 Å². The minimum atomic E-state index is -0.972. The van der Waals surface area contributed by atoms with Crippen molar-refractivity contribution in [3.8, 4) is 22.9 Å². The summed E-state index contributed by atoms with van der Waals surface area (Å²) < 4.78 is 16.2. The third-order valence-electron chi connectivity index (χ3n) is 4.36. The van der Waals surface area contributed by atoms with Gasteiger partial charge in [-0.3, -0.25) is 4.79 Å². The number of ether oxygens (including phenoxy) is 3. The van der Waals surface area contributed by atoms with Crippen molar-refractivity contribution in [3.05, 3.63) is 60.4 Å². The summed E-state index contributed by atoms with van der Waals surface area (Å²) in [4.78, 5) is 31.9. The molecule has 1 unspecified atom stereocenters. The molecule has 0 saturated heterocycles. The quantitative estimate of drug-likeness (QED) is 0.646. The van der Waals surface area contributed by atoms with E-state index in [9.17, 15) is 9.59 Å². The molecule has 1 aromatic heterocycles. The van der Waals surface area contributed by atoms with Crippen LogP contribution in [0.5, 0.6) is 11.5 Å². The number of hydrogen-bond acceptors (Lipinski definition) is 6. The first-order valence-corrected chi connectivity index (χ1v) is 9.11. The van der Waals surface area contributed by atoms with Crippen molar-refractivity contribution < 1.29 is 23.8 Å². The van der Waals surface area contributed by atoms with Crippen LogP contribution < -0.4 is 14.8 Å². The predicted molar refractivity (Wildman–Crippen MR) is 105 cm³/mol. The second-order valence-electron chi connectivity index (χ2n) is 6.41. The van der Waals surface area contributed by atoms with Gasteiger partial charge in [0.1, 0.15) is 19.0 Å². The maximum Gasteiger partial charge on any atom is 0.338 e. The molecule has 1 atom stereocenters. The van der Waals surface area contributed by atoms with Crippen LogP contribution in [0.25, 0.3) is 11.4 Å². The molecule has 148 valence electrons. The van der Waals surface area contributed by atoms with E-state index in [0.29, 0.717) is 41.8 Å². The number of fused-ring (bicyclic) bond motifs is 1. The van der Waals surface area contributed by atoms with Gasteiger partial charge in [0.05, 0.1) is 5.56 Å². The van der Waals surface area contributed by atoms with Gasteiger partial charge in [-0.15, -0.1) is 0 Å². The number of benzene rings is 2. The Kier molecular flexibility index (Phi) is 5.15. The summed E-state index contributed by atoms with van der Waals surface area (Å²) in [5.74, 6) is 0.877. The summed E-state index contributed by atoms with van der Waals surface area (Å²) in [7, 11) is 0. The van der Waals surface area contributed by atoms with Crippen molar-refractivity contribution in [1.29, 1.82) is 0 Å². The Morgan fingerprint density at radius 3 is 2.59 bits per heavy atom. The van der Waals surface area contributed by atoms with Crippen molar-refractivity contribution in [2.75, 3.05) is 18.5 Å². The van der Waals surface area contributed by atoms with Crippen molar-refractivity contribution in [2.24, 2.45) is 0 Å². The van der Waals surface area contributed by atoms with Crippen molar-refractivity contribution in [3.63, 3.8) is 0 Å². The first-order chi connectivity index (χ1) is 14.1. The first kappa shape index (κ1) is 18.5. The molecule has 8 heteroatoms. The standard InChI is InChI=1S/C21H19N3O5/c1-13(20(25)24-16-6-7-17-18(12-16)28-11-10-27-17)29-21(26)15-4-2-14(3-5-15)19-22-8-9-23-19/h2-9,12-13H,10-11H2,1H3,(H,22,23)(H,24,25). The molecule has 2 aromatic carbocycles. The number of esters is 1. The van der Waals surface area contributed by atoms with Gasteiger partial charge in [-0.05, 0) is 31.2 Å². The molecular formula is C21H19N3O5. The van der Waals surface area contributed by atoms with Gasteiger partial charge in [-0.1, -0.05) is 12.1 Å². The van der Waals surface area contributed by atoms with Gasteiger partial charge >= 0.3 is 5.97 Å². The number of aromatic amines is 1. The van der Waals surface area contributed by atoms with E-state index in [1.54, 1.807) is 54.9 Å². The second-order valence-corrected chi connectivity index (χ2v) is 6.41. The van der Waals surface area contributed by atoms with Crippen molar-refractivity contribution in [2.45, 2.75) is 13.0 Å². The fourth-order valence-corrected chi connectivity index (χ4v) is 2.83. The Labute approximate surface area is 166 Å². The molecule has 1 aliphatic heterocycles. The van der Waals surface area contributed by atoms with Gasteiger partial charge in [0.25, 0.3) is 5.91 Å². The van der Waals surface area contributed by atoms with E-state index in [2.05, 4.69) is 15.3 Å². The lowest BCUT2D eigenvalue weighted by Crippen LogP contribution is -2.30. The topological polar surface area (TPSA) is 103 Å².